The van der Waals surface area contributed by atoms with Crippen LogP contribution in [-0.4, -0.2) is 16.9 Å². The largest absolute Gasteiger partial charge is 0.349 e. The van der Waals surface area contributed by atoms with Crippen LogP contribution in [0.1, 0.15) is 59.3 Å². The van der Waals surface area contributed by atoms with Gasteiger partial charge in [0.2, 0.25) is 0 Å². The van der Waals surface area contributed by atoms with Crippen molar-refractivity contribution >= 4 is 5.91 Å². The number of carbonyl (C=O) groups excluding carboxylic acids is 1. The number of rotatable bonds is 2. The fourth-order valence-corrected chi connectivity index (χ4v) is 4.22. The van der Waals surface area contributed by atoms with E-state index in [0.717, 1.165) is 29.2 Å². The van der Waals surface area contributed by atoms with Gasteiger partial charge in [0.1, 0.15) is 5.56 Å². The van der Waals surface area contributed by atoms with Crippen molar-refractivity contribution < 1.29 is 4.79 Å². The van der Waals surface area contributed by atoms with Crippen LogP contribution in [0.15, 0.2) is 4.79 Å². The molecule has 4 nitrogen and oxygen atoms in total. The predicted octanol–water partition coefficient (Wildman–Crippen LogP) is 2.61. The molecule has 2 fully saturated rings. The van der Waals surface area contributed by atoms with E-state index < -0.39 is 0 Å². The standard InChI is InChI=1S/C17H24N2O2/c1-9-10(2)15(16(20)18-11(9)3)17(21)19-14-8-7-12-5-4-6-13(12)14/h12-14H,4-8H2,1-3H3,(H,18,20)(H,19,21)/t12-,13-,14-/m0/s1. The zero-order valence-electron chi connectivity index (χ0n) is 13.1. The van der Waals surface area contributed by atoms with E-state index in [1.807, 2.05) is 20.8 Å². The molecular weight excluding hydrogens is 264 g/mol. The van der Waals surface area contributed by atoms with Crippen molar-refractivity contribution in [3.05, 3.63) is 32.7 Å². The maximum atomic E-state index is 12.6. The molecule has 21 heavy (non-hydrogen) atoms. The number of aromatic nitrogens is 1. The molecule has 1 aromatic heterocycles. The summed E-state index contributed by atoms with van der Waals surface area (Å²) in [6.45, 7) is 5.67. The number of aromatic amines is 1. The lowest BCUT2D eigenvalue weighted by Gasteiger charge is -2.20. The number of pyridine rings is 1. The minimum absolute atomic E-state index is 0.200. The van der Waals surface area contributed by atoms with Gasteiger partial charge < -0.3 is 10.3 Å². The predicted molar refractivity (Wildman–Crippen MR) is 82.6 cm³/mol. The quantitative estimate of drug-likeness (QED) is 0.878. The van der Waals surface area contributed by atoms with Gasteiger partial charge in [-0.05, 0) is 63.0 Å². The third kappa shape index (κ3) is 2.41. The first-order valence-electron chi connectivity index (χ1n) is 8.00. The number of fused-ring (bicyclic) bond motifs is 1. The van der Waals surface area contributed by atoms with Crippen LogP contribution in [0.4, 0.5) is 0 Å². The second kappa shape index (κ2) is 5.32. The maximum Gasteiger partial charge on any atom is 0.261 e. The van der Waals surface area contributed by atoms with Gasteiger partial charge in [-0.1, -0.05) is 12.8 Å². The van der Waals surface area contributed by atoms with Crippen molar-refractivity contribution in [2.45, 2.75) is 58.9 Å². The zero-order valence-corrected chi connectivity index (χ0v) is 13.1. The molecule has 3 atom stereocenters. The molecule has 0 radical (unpaired) electrons. The Labute approximate surface area is 125 Å². The number of carbonyl (C=O) groups is 1. The summed E-state index contributed by atoms with van der Waals surface area (Å²) in [5.41, 5.74) is 2.65. The summed E-state index contributed by atoms with van der Waals surface area (Å²) in [5.74, 6) is 1.21. The molecule has 3 rings (SSSR count). The van der Waals surface area contributed by atoms with Gasteiger partial charge >= 0.3 is 0 Å². The average Bonchev–Trinajstić information content (AvgIpc) is 3.01. The van der Waals surface area contributed by atoms with E-state index in [0.29, 0.717) is 11.5 Å². The molecule has 2 N–H and O–H groups in total. The summed E-state index contributed by atoms with van der Waals surface area (Å²) in [5, 5.41) is 3.14. The van der Waals surface area contributed by atoms with Gasteiger partial charge in [-0.2, -0.15) is 0 Å². The first-order chi connectivity index (χ1) is 9.99. The molecule has 114 valence electrons. The molecule has 4 heteroatoms. The number of hydrogen-bond donors (Lipinski definition) is 2. The van der Waals surface area contributed by atoms with Crippen molar-refractivity contribution in [2.24, 2.45) is 11.8 Å². The van der Waals surface area contributed by atoms with Gasteiger partial charge in [-0.25, -0.2) is 0 Å². The maximum absolute atomic E-state index is 12.6. The SMILES string of the molecule is Cc1[nH]c(=O)c(C(=O)N[C@H]2CC[C@@H]3CCC[C@@H]32)c(C)c1C. The van der Waals surface area contributed by atoms with Gasteiger partial charge in [0, 0.05) is 11.7 Å². The Kier molecular flexibility index (Phi) is 3.64. The normalized spacial score (nSPS) is 27.7. The van der Waals surface area contributed by atoms with Crippen LogP contribution in [0.5, 0.6) is 0 Å². The number of aryl methyl sites for hydroxylation is 1. The van der Waals surface area contributed by atoms with Crippen molar-refractivity contribution in [2.75, 3.05) is 0 Å². The van der Waals surface area contributed by atoms with Crippen molar-refractivity contribution in [1.29, 1.82) is 0 Å². The Morgan fingerprint density at radius 1 is 1.10 bits per heavy atom. The second-order valence-electron chi connectivity index (χ2n) is 6.72. The molecule has 2 aliphatic rings. The monoisotopic (exact) mass is 288 g/mol. The number of nitrogens with one attached hydrogen (secondary N) is 2. The van der Waals surface area contributed by atoms with Crippen molar-refractivity contribution in [3.8, 4) is 0 Å². The first-order valence-corrected chi connectivity index (χ1v) is 8.00. The summed E-state index contributed by atoms with van der Waals surface area (Å²) >= 11 is 0. The smallest absolute Gasteiger partial charge is 0.261 e. The Hall–Kier alpha value is -1.58. The van der Waals surface area contributed by atoms with Gasteiger partial charge in [0.15, 0.2) is 0 Å². The summed E-state index contributed by atoms with van der Waals surface area (Å²) in [4.78, 5) is 27.5. The summed E-state index contributed by atoms with van der Waals surface area (Å²) < 4.78 is 0. The summed E-state index contributed by atoms with van der Waals surface area (Å²) in [6, 6.07) is 0.255. The third-order valence-corrected chi connectivity index (χ3v) is 5.65. The zero-order chi connectivity index (χ0) is 15.1. The molecule has 1 heterocycles. The van der Waals surface area contributed by atoms with E-state index in [2.05, 4.69) is 10.3 Å². The van der Waals surface area contributed by atoms with Crippen LogP contribution in [0.3, 0.4) is 0 Å². The lowest BCUT2D eigenvalue weighted by molar-refractivity contribution is 0.0924. The fraction of sp³-hybridized carbons (Fsp3) is 0.647. The topological polar surface area (TPSA) is 62.0 Å². The van der Waals surface area contributed by atoms with Gasteiger partial charge in [0.05, 0.1) is 0 Å². The minimum Gasteiger partial charge on any atom is -0.349 e. The van der Waals surface area contributed by atoms with Gasteiger partial charge in [0.25, 0.3) is 11.5 Å². The molecule has 2 aliphatic carbocycles. The minimum atomic E-state index is -0.269. The highest BCUT2D eigenvalue weighted by Gasteiger charge is 2.40. The van der Waals surface area contributed by atoms with Crippen LogP contribution in [0.25, 0.3) is 0 Å². The highest BCUT2D eigenvalue weighted by atomic mass is 16.2. The van der Waals surface area contributed by atoms with Crippen molar-refractivity contribution in [3.63, 3.8) is 0 Å². The van der Waals surface area contributed by atoms with Crippen LogP contribution in [-0.2, 0) is 0 Å². The Bertz CT molecular complexity index is 632. The van der Waals surface area contributed by atoms with E-state index in [9.17, 15) is 9.59 Å². The molecule has 1 aromatic rings. The van der Waals surface area contributed by atoms with E-state index in [-0.39, 0.29) is 17.5 Å². The van der Waals surface area contributed by atoms with Crippen LogP contribution >= 0.6 is 0 Å². The fourth-order valence-electron chi connectivity index (χ4n) is 4.22. The van der Waals surface area contributed by atoms with Gasteiger partial charge in [-0.15, -0.1) is 0 Å². The van der Waals surface area contributed by atoms with Crippen molar-refractivity contribution in [1.82, 2.24) is 10.3 Å². The van der Waals surface area contributed by atoms with E-state index in [1.54, 1.807) is 0 Å². The lowest BCUT2D eigenvalue weighted by atomic mass is 9.97. The van der Waals surface area contributed by atoms with Gasteiger partial charge in [-0.3, -0.25) is 9.59 Å². The molecule has 0 saturated heterocycles. The molecular formula is C17H24N2O2. The highest BCUT2D eigenvalue weighted by Crippen LogP contribution is 2.44. The molecule has 0 unspecified atom stereocenters. The molecule has 2 saturated carbocycles. The number of amides is 1. The molecule has 0 spiro atoms. The Morgan fingerprint density at radius 2 is 1.86 bits per heavy atom. The Morgan fingerprint density at radius 3 is 2.62 bits per heavy atom. The molecule has 0 bridgehead atoms. The third-order valence-electron chi connectivity index (χ3n) is 5.65. The average molecular weight is 288 g/mol. The van der Waals surface area contributed by atoms with E-state index in [1.165, 1.54) is 25.7 Å². The van der Waals surface area contributed by atoms with E-state index in [4.69, 9.17) is 0 Å². The van der Waals surface area contributed by atoms with E-state index >= 15 is 0 Å². The number of hydrogen-bond acceptors (Lipinski definition) is 2. The molecule has 0 aliphatic heterocycles. The van der Waals surface area contributed by atoms with Crippen LogP contribution in [0, 0.1) is 32.6 Å². The Balaban J connectivity index is 1.83. The second-order valence-corrected chi connectivity index (χ2v) is 6.72. The van der Waals surface area contributed by atoms with Crippen LogP contribution < -0.4 is 10.9 Å². The summed E-state index contributed by atoms with van der Waals surface area (Å²) in [7, 11) is 0. The molecule has 0 aromatic carbocycles. The first kappa shape index (κ1) is 14.4. The van der Waals surface area contributed by atoms with Crippen LogP contribution in [0.2, 0.25) is 0 Å². The summed E-state index contributed by atoms with van der Waals surface area (Å²) in [6.07, 6.45) is 6.09. The molecule has 1 amide bonds. The highest BCUT2D eigenvalue weighted by molar-refractivity contribution is 5.95. The lowest BCUT2D eigenvalue weighted by Crippen LogP contribution is -2.40. The number of H-pyrrole nitrogens is 1.